The molecule has 0 radical (unpaired) electrons. The molecule has 1 fully saturated rings. The van der Waals surface area contributed by atoms with Crippen molar-refractivity contribution >= 4 is 23.0 Å². The fraction of sp³-hybridized carbons (Fsp3) is 0.310. The van der Waals surface area contributed by atoms with Crippen LogP contribution in [0, 0.1) is 5.41 Å². The van der Waals surface area contributed by atoms with E-state index in [4.69, 9.17) is 15.9 Å². The molecule has 7 nitrogen and oxygen atoms in total. The molecule has 0 aromatic heterocycles. The summed E-state index contributed by atoms with van der Waals surface area (Å²) in [5.74, 6) is -0.214. The van der Waals surface area contributed by atoms with Crippen molar-refractivity contribution in [1.82, 2.24) is 5.32 Å². The topological polar surface area (TPSA) is 112 Å². The van der Waals surface area contributed by atoms with Crippen LogP contribution in [0.5, 0.6) is 0 Å². The van der Waals surface area contributed by atoms with Gasteiger partial charge in [0.2, 0.25) is 0 Å². The second-order valence-corrected chi connectivity index (χ2v) is 9.42. The average Bonchev–Trinajstić information content (AvgIpc) is 2.88. The fourth-order valence-electron chi connectivity index (χ4n) is 4.69. The van der Waals surface area contributed by atoms with Crippen molar-refractivity contribution in [2.45, 2.75) is 45.0 Å². The van der Waals surface area contributed by atoms with Crippen molar-refractivity contribution in [3.05, 3.63) is 95.1 Å². The first-order chi connectivity index (χ1) is 17.3. The summed E-state index contributed by atoms with van der Waals surface area (Å²) in [5, 5.41) is 21.6. The largest absolute Gasteiger partial charge is 0.398 e. The molecule has 1 aliphatic heterocycles. The van der Waals surface area contributed by atoms with E-state index >= 15 is 0 Å². The summed E-state index contributed by atoms with van der Waals surface area (Å²) in [5.41, 5.74) is 10.6. The van der Waals surface area contributed by atoms with Gasteiger partial charge in [0.15, 0.2) is 0 Å². The number of benzene rings is 3. The molecule has 1 amide bonds. The highest BCUT2D eigenvalue weighted by atomic mass is 16.5. The third-order valence-corrected chi connectivity index (χ3v) is 6.49. The molecule has 0 aliphatic carbocycles. The number of hydrogen-bond acceptors (Lipinski definition) is 6. The van der Waals surface area contributed by atoms with Crippen LogP contribution < -0.4 is 16.0 Å². The Hall–Kier alpha value is -3.68. The van der Waals surface area contributed by atoms with Gasteiger partial charge in [-0.1, -0.05) is 42.5 Å². The zero-order valence-electron chi connectivity index (χ0n) is 20.8. The monoisotopic (exact) mass is 486 g/mol. The van der Waals surface area contributed by atoms with Gasteiger partial charge in [0.05, 0.1) is 31.1 Å². The number of aliphatic hydroxyl groups excluding tert-OH is 1. The number of nitrogen functional groups attached to an aromatic ring is 1. The third-order valence-electron chi connectivity index (χ3n) is 6.49. The average molecular weight is 487 g/mol. The normalized spacial score (nSPS) is 18.5. The predicted molar refractivity (Wildman–Crippen MR) is 144 cm³/mol. The molecule has 188 valence electrons. The Morgan fingerprint density at radius 2 is 1.81 bits per heavy atom. The maximum absolute atomic E-state index is 12.7. The molecular formula is C29H34N4O3. The number of rotatable bonds is 8. The lowest BCUT2D eigenvalue weighted by Gasteiger charge is -2.42. The molecular weight excluding hydrogens is 452 g/mol. The molecule has 4 rings (SSSR count). The Morgan fingerprint density at radius 1 is 1.11 bits per heavy atom. The zero-order valence-corrected chi connectivity index (χ0v) is 20.8. The Kier molecular flexibility index (Phi) is 8.03. The Bertz CT molecular complexity index is 1190. The van der Waals surface area contributed by atoms with Gasteiger partial charge in [0, 0.05) is 40.7 Å². The van der Waals surface area contributed by atoms with Crippen LogP contribution in [0.3, 0.4) is 0 Å². The molecule has 3 atom stereocenters. The highest BCUT2D eigenvalue weighted by Crippen LogP contribution is 2.27. The standard InChI is InChI=1S/C29H34N4O3/c1-19-17-36-18-25(14-20(2)34)33(19)24-11-8-22(9-12-24)28(31)26-15-23(10-13-27(26)30)29(35)32-16-21-6-4-3-5-7-21/h3-13,15,19-20,25,31,34H,14,16-18,30H2,1-2H3,(H,32,35). The molecule has 7 heteroatoms. The first-order valence-electron chi connectivity index (χ1n) is 12.3. The minimum absolute atomic E-state index is 0.0841. The first kappa shape index (κ1) is 25.4. The molecule has 1 saturated heterocycles. The van der Waals surface area contributed by atoms with Gasteiger partial charge in [-0.2, -0.15) is 0 Å². The second kappa shape index (κ2) is 11.4. The molecule has 36 heavy (non-hydrogen) atoms. The smallest absolute Gasteiger partial charge is 0.251 e. The van der Waals surface area contributed by atoms with Crippen LogP contribution in [0.4, 0.5) is 11.4 Å². The molecule has 3 aromatic carbocycles. The number of aliphatic hydroxyl groups is 1. The van der Waals surface area contributed by atoms with Crippen LogP contribution in [0.1, 0.15) is 47.3 Å². The van der Waals surface area contributed by atoms with Crippen LogP contribution in [0.15, 0.2) is 72.8 Å². The van der Waals surface area contributed by atoms with Gasteiger partial charge < -0.3 is 25.8 Å². The van der Waals surface area contributed by atoms with Gasteiger partial charge in [-0.15, -0.1) is 0 Å². The first-order valence-corrected chi connectivity index (χ1v) is 12.3. The maximum Gasteiger partial charge on any atom is 0.251 e. The van der Waals surface area contributed by atoms with E-state index in [1.54, 1.807) is 25.1 Å². The van der Waals surface area contributed by atoms with Gasteiger partial charge in [-0.3, -0.25) is 10.2 Å². The van der Waals surface area contributed by atoms with E-state index in [0.29, 0.717) is 48.6 Å². The molecule has 0 spiro atoms. The van der Waals surface area contributed by atoms with Gasteiger partial charge in [-0.05, 0) is 56.2 Å². The van der Waals surface area contributed by atoms with Crippen molar-refractivity contribution in [2.75, 3.05) is 23.8 Å². The minimum Gasteiger partial charge on any atom is -0.398 e. The van der Waals surface area contributed by atoms with Crippen LogP contribution in [0.25, 0.3) is 0 Å². The van der Waals surface area contributed by atoms with Gasteiger partial charge in [0.1, 0.15) is 0 Å². The predicted octanol–water partition coefficient (Wildman–Crippen LogP) is 3.98. The third kappa shape index (κ3) is 5.93. The Balaban J connectivity index is 1.50. The highest BCUT2D eigenvalue weighted by Gasteiger charge is 2.29. The molecule has 0 saturated carbocycles. The van der Waals surface area contributed by atoms with E-state index in [0.717, 1.165) is 11.3 Å². The molecule has 0 bridgehead atoms. The summed E-state index contributed by atoms with van der Waals surface area (Å²) in [6.45, 7) is 5.53. The van der Waals surface area contributed by atoms with E-state index in [2.05, 4.69) is 17.1 Å². The summed E-state index contributed by atoms with van der Waals surface area (Å²) in [4.78, 5) is 15.0. The van der Waals surface area contributed by atoms with Crippen LogP contribution in [0.2, 0.25) is 0 Å². The van der Waals surface area contributed by atoms with Crippen molar-refractivity contribution in [3.63, 3.8) is 0 Å². The number of nitrogens with zero attached hydrogens (tertiary/aromatic N) is 1. The van der Waals surface area contributed by atoms with E-state index in [9.17, 15) is 9.90 Å². The lowest BCUT2D eigenvalue weighted by Crippen LogP contribution is -2.52. The van der Waals surface area contributed by atoms with E-state index in [-0.39, 0.29) is 23.7 Å². The van der Waals surface area contributed by atoms with Crippen molar-refractivity contribution < 1.29 is 14.6 Å². The van der Waals surface area contributed by atoms with Crippen molar-refractivity contribution in [2.24, 2.45) is 0 Å². The van der Waals surface area contributed by atoms with Crippen LogP contribution >= 0.6 is 0 Å². The summed E-state index contributed by atoms with van der Waals surface area (Å²) in [6, 6.07) is 22.8. The summed E-state index contributed by atoms with van der Waals surface area (Å²) < 4.78 is 5.72. The Morgan fingerprint density at radius 3 is 2.50 bits per heavy atom. The Labute approximate surface area is 212 Å². The SMILES string of the molecule is CC(O)CC1COCC(C)N1c1ccc(C(=N)c2cc(C(=O)NCc3ccccc3)ccc2N)cc1. The van der Waals surface area contributed by atoms with Gasteiger partial charge in [-0.25, -0.2) is 0 Å². The fourth-order valence-corrected chi connectivity index (χ4v) is 4.69. The molecule has 3 unspecified atom stereocenters. The van der Waals surface area contributed by atoms with Gasteiger partial charge in [0.25, 0.3) is 5.91 Å². The van der Waals surface area contributed by atoms with Crippen molar-refractivity contribution in [3.8, 4) is 0 Å². The molecule has 1 heterocycles. The van der Waals surface area contributed by atoms with E-state index < -0.39 is 6.10 Å². The quantitative estimate of drug-likeness (QED) is 0.284. The summed E-state index contributed by atoms with van der Waals surface area (Å²) in [6.07, 6.45) is 0.205. The number of ether oxygens (including phenoxy) is 1. The number of carbonyl (C=O) groups excluding carboxylic acids is 1. The van der Waals surface area contributed by atoms with Gasteiger partial charge >= 0.3 is 0 Å². The number of anilines is 2. The van der Waals surface area contributed by atoms with E-state index in [1.807, 2.05) is 54.6 Å². The molecule has 3 aromatic rings. The lowest BCUT2D eigenvalue weighted by molar-refractivity contribution is 0.0530. The number of amides is 1. The molecule has 5 N–H and O–H groups in total. The second-order valence-electron chi connectivity index (χ2n) is 9.42. The number of carbonyl (C=O) groups is 1. The summed E-state index contributed by atoms with van der Waals surface area (Å²) in [7, 11) is 0. The minimum atomic E-state index is -0.418. The number of nitrogens with two attached hydrogens (primary N) is 1. The van der Waals surface area contributed by atoms with Crippen LogP contribution in [-0.2, 0) is 11.3 Å². The van der Waals surface area contributed by atoms with Crippen LogP contribution in [-0.4, -0.2) is 48.1 Å². The zero-order chi connectivity index (χ0) is 25.7. The number of morpholine rings is 1. The van der Waals surface area contributed by atoms with E-state index in [1.165, 1.54) is 0 Å². The summed E-state index contributed by atoms with van der Waals surface area (Å²) >= 11 is 0. The number of nitrogens with one attached hydrogen (secondary N) is 2. The lowest BCUT2D eigenvalue weighted by atomic mass is 9.97. The molecule has 1 aliphatic rings. The number of hydrogen-bond donors (Lipinski definition) is 4. The maximum atomic E-state index is 12.7. The highest BCUT2D eigenvalue weighted by molar-refractivity contribution is 6.15. The van der Waals surface area contributed by atoms with Crippen molar-refractivity contribution in [1.29, 1.82) is 5.41 Å².